The Morgan fingerprint density at radius 3 is 2.77 bits per heavy atom. The van der Waals surface area contributed by atoms with Crippen LogP contribution >= 0.6 is 0 Å². The fourth-order valence-corrected chi connectivity index (χ4v) is 3.36. The van der Waals surface area contributed by atoms with Gasteiger partial charge in [-0.25, -0.2) is 0 Å². The summed E-state index contributed by atoms with van der Waals surface area (Å²) in [4.78, 5) is 28.9. The molecule has 0 bridgehead atoms. The molecule has 4 rings (SSSR count). The lowest BCUT2D eigenvalue weighted by molar-refractivity contribution is -0.139. The van der Waals surface area contributed by atoms with E-state index in [9.17, 15) is 9.59 Å². The predicted octanol–water partition coefficient (Wildman–Crippen LogP) is 4.18. The van der Waals surface area contributed by atoms with Gasteiger partial charge in [-0.15, -0.1) is 0 Å². The van der Waals surface area contributed by atoms with Crippen molar-refractivity contribution in [3.8, 4) is 11.5 Å². The van der Waals surface area contributed by atoms with E-state index in [0.717, 1.165) is 25.7 Å². The number of Topliss-reactive ketones (excluding diaryl/α,β-unsaturated/α-hetero) is 1. The minimum Gasteiger partial charge on any atom is -0.452 e. The van der Waals surface area contributed by atoms with E-state index >= 15 is 0 Å². The SMILES string of the molecule is O=C1/C(=C/c2ccccn2)Oc2cc(OC(=O)C3CCCCC3)ccc21. The highest BCUT2D eigenvalue weighted by atomic mass is 16.5. The lowest BCUT2D eigenvalue weighted by Gasteiger charge is -2.19. The van der Waals surface area contributed by atoms with Gasteiger partial charge in [-0.3, -0.25) is 14.6 Å². The van der Waals surface area contributed by atoms with Crippen LogP contribution in [0.25, 0.3) is 6.08 Å². The maximum Gasteiger partial charge on any atom is 0.314 e. The molecule has 1 aliphatic heterocycles. The second-order valence-corrected chi connectivity index (χ2v) is 6.61. The van der Waals surface area contributed by atoms with Gasteiger partial charge in [0.1, 0.15) is 11.5 Å². The van der Waals surface area contributed by atoms with Gasteiger partial charge in [0.15, 0.2) is 5.76 Å². The standard InChI is InChI=1S/C21H19NO4/c23-20-17-10-9-16(25-21(24)14-6-2-1-3-7-14)13-18(17)26-19(20)12-15-8-4-5-11-22-15/h4-5,8-14H,1-3,6-7H2/b19-12-. The lowest BCUT2D eigenvalue weighted by atomic mass is 9.89. The summed E-state index contributed by atoms with van der Waals surface area (Å²) >= 11 is 0. The summed E-state index contributed by atoms with van der Waals surface area (Å²) in [6.45, 7) is 0. The van der Waals surface area contributed by atoms with Gasteiger partial charge >= 0.3 is 5.97 Å². The van der Waals surface area contributed by atoms with Crippen LogP contribution in [0, 0.1) is 5.92 Å². The van der Waals surface area contributed by atoms with Crippen LogP contribution in [0.4, 0.5) is 0 Å². The smallest absolute Gasteiger partial charge is 0.314 e. The monoisotopic (exact) mass is 349 g/mol. The molecule has 0 unspecified atom stereocenters. The summed E-state index contributed by atoms with van der Waals surface area (Å²) in [5, 5.41) is 0. The molecule has 5 nitrogen and oxygen atoms in total. The van der Waals surface area contributed by atoms with E-state index in [4.69, 9.17) is 9.47 Å². The Kier molecular flexibility index (Phi) is 4.52. The van der Waals surface area contributed by atoms with E-state index in [1.807, 2.05) is 6.07 Å². The molecule has 2 aromatic rings. The average Bonchev–Trinajstić information content (AvgIpc) is 2.98. The maximum atomic E-state index is 12.5. The number of esters is 1. The van der Waals surface area contributed by atoms with Crippen molar-refractivity contribution in [1.29, 1.82) is 0 Å². The van der Waals surface area contributed by atoms with E-state index in [0.29, 0.717) is 22.8 Å². The molecule has 1 fully saturated rings. The number of carbonyl (C=O) groups excluding carboxylic acids is 2. The Morgan fingerprint density at radius 1 is 1.15 bits per heavy atom. The molecule has 0 saturated heterocycles. The summed E-state index contributed by atoms with van der Waals surface area (Å²) in [6.07, 6.45) is 8.36. The number of allylic oxidation sites excluding steroid dienone is 1. The molecule has 1 aromatic heterocycles. The molecular weight excluding hydrogens is 330 g/mol. The number of carbonyl (C=O) groups is 2. The molecule has 0 N–H and O–H groups in total. The summed E-state index contributed by atoms with van der Waals surface area (Å²) in [6, 6.07) is 10.3. The number of rotatable bonds is 3. The van der Waals surface area contributed by atoms with Crippen LogP contribution < -0.4 is 9.47 Å². The molecule has 132 valence electrons. The zero-order chi connectivity index (χ0) is 17.9. The van der Waals surface area contributed by atoms with Crippen molar-refractivity contribution >= 4 is 17.8 Å². The topological polar surface area (TPSA) is 65.5 Å². The van der Waals surface area contributed by atoms with Crippen molar-refractivity contribution in [2.45, 2.75) is 32.1 Å². The summed E-state index contributed by atoms with van der Waals surface area (Å²) in [5.41, 5.74) is 1.11. The molecule has 2 aliphatic rings. The second kappa shape index (κ2) is 7.12. The minimum absolute atomic E-state index is 0.0285. The highest BCUT2D eigenvalue weighted by Gasteiger charge is 2.29. The number of benzene rings is 1. The number of aromatic nitrogens is 1. The molecule has 0 spiro atoms. The van der Waals surface area contributed by atoms with Gasteiger partial charge in [-0.1, -0.05) is 25.3 Å². The van der Waals surface area contributed by atoms with E-state index in [-0.39, 0.29) is 23.4 Å². The highest BCUT2D eigenvalue weighted by molar-refractivity contribution is 6.14. The maximum absolute atomic E-state index is 12.5. The molecule has 1 aromatic carbocycles. The molecule has 0 amide bonds. The van der Waals surface area contributed by atoms with E-state index in [1.54, 1.807) is 42.6 Å². The van der Waals surface area contributed by atoms with Gasteiger partial charge in [0.05, 0.1) is 17.2 Å². The van der Waals surface area contributed by atoms with Crippen LogP contribution in [0.3, 0.4) is 0 Å². The van der Waals surface area contributed by atoms with Crippen LogP contribution in [0.2, 0.25) is 0 Å². The fraction of sp³-hybridized carbons (Fsp3) is 0.286. The third-order valence-electron chi connectivity index (χ3n) is 4.77. The fourth-order valence-electron chi connectivity index (χ4n) is 3.36. The van der Waals surface area contributed by atoms with Crippen LogP contribution in [0.5, 0.6) is 11.5 Å². The number of hydrogen-bond acceptors (Lipinski definition) is 5. The first-order valence-corrected chi connectivity index (χ1v) is 8.92. The lowest BCUT2D eigenvalue weighted by Crippen LogP contribution is -2.22. The zero-order valence-electron chi connectivity index (χ0n) is 14.3. The van der Waals surface area contributed by atoms with Crippen molar-refractivity contribution in [1.82, 2.24) is 4.98 Å². The summed E-state index contributed by atoms with van der Waals surface area (Å²) < 4.78 is 11.2. The van der Waals surface area contributed by atoms with E-state index in [1.165, 1.54) is 6.42 Å². The molecule has 26 heavy (non-hydrogen) atoms. The van der Waals surface area contributed by atoms with Crippen molar-refractivity contribution in [2.75, 3.05) is 0 Å². The van der Waals surface area contributed by atoms with Gasteiger partial charge in [0.2, 0.25) is 5.78 Å². The Bertz CT molecular complexity index is 867. The van der Waals surface area contributed by atoms with Crippen molar-refractivity contribution in [2.24, 2.45) is 5.92 Å². The first kappa shape index (κ1) is 16.5. The molecule has 1 saturated carbocycles. The molecule has 0 radical (unpaired) electrons. The summed E-state index contributed by atoms with van der Waals surface area (Å²) in [5.74, 6) is 0.611. The number of nitrogens with zero attached hydrogens (tertiary/aromatic N) is 1. The van der Waals surface area contributed by atoms with Gasteiger partial charge in [0, 0.05) is 18.3 Å². The number of ketones is 1. The Hall–Kier alpha value is -2.95. The van der Waals surface area contributed by atoms with Crippen LogP contribution in [-0.4, -0.2) is 16.7 Å². The second-order valence-electron chi connectivity index (χ2n) is 6.61. The van der Waals surface area contributed by atoms with Gasteiger partial charge in [0.25, 0.3) is 0 Å². The first-order valence-electron chi connectivity index (χ1n) is 8.92. The average molecular weight is 349 g/mol. The van der Waals surface area contributed by atoms with Crippen molar-refractivity contribution in [3.63, 3.8) is 0 Å². The number of pyridine rings is 1. The first-order chi connectivity index (χ1) is 12.7. The quantitative estimate of drug-likeness (QED) is 0.472. The Labute approximate surface area is 151 Å². The Balaban J connectivity index is 1.50. The minimum atomic E-state index is -0.198. The van der Waals surface area contributed by atoms with Crippen LogP contribution in [0.15, 0.2) is 48.4 Å². The van der Waals surface area contributed by atoms with E-state index < -0.39 is 0 Å². The molecular formula is C21H19NO4. The molecule has 0 atom stereocenters. The number of fused-ring (bicyclic) bond motifs is 1. The third-order valence-corrected chi connectivity index (χ3v) is 4.77. The van der Waals surface area contributed by atoms with Crippen molar-refractivity contribution in [3.05, 3.63) is 59.6 Å². The third kappa shape index (κ3) is 3.38. The Morgan fingerprint density at radius 2 is 2.00 bits per heavy atom. The molecule has 2 heterocycles. The normalized spacial score (nSPS) is 18.5. The molecule has 5 heteroatoms. The van der Waals surface area contributed by atoms with Crippen LogP contribution in [0.1, 0.15) is 48.2 Å². The van der Waals surface area contributed by atoms with E-state index in [2.05, 4.69) is 4.98 Å². The zero-order valence-corrected chi connectivity index (χ0v) is 14.3. The number of hydrogen-bond donors (Lipinski definition) is 0. The summed E-state index contributed by atoms with van der Waals surface area (Å²) in [7, 11) is 0. The molecule has 1 aliphatic carbocycles. The predicted molar refractivity (Wildman–Crippen MR) is 95.8 cm³/mol. The largest absolute Gasteiger partial charge is 0.452 e. The van der Waals surface area contributed by atoms with Crippen molar-refractivity contribution < 1.29 is 19.1 Å². The van der Waals surface area contributed by atoms with Crippen LogP contribution in [-0.2, 0) is 4.79 Å². The van der Waals surface area contributed by atoms with Gasteiger partial charge in [-0.05, 0) is 37.1 Å². The highest BCUT2D eigenvalue weighted by Crippen LogP contribution is 2.35. The van der Waals surface area contributed by atoms with Gasteiger partial charge in [-0.2, -0.15) is 0 Å². The van der Waals surface area contributed by atoms with Gasteiger partial charge < -0.3 is 9.47 Å². The number of ether oxygens (including phenoxy) is 2.